The SMILES string of the molecule is O=C1C[C@@H](N2CCN(c3ncccn3)CC2)C(=O)N1c1cc(Cl)cc(Cl)c1. The molecule has 2 aliphatic heterocycles. The van der Waals surface area contributed by atoms with Crippen LogP contribution in [0.2, 0.25) is 10.0 Å². The quantitative estimate of drug-likeness (QED) is 0.729. The van der Waals surface area contributed by atoms with Crippen LogP contribution in [0.3, 0.4) is 0 Å². The van der Waals surface area contributed by atoms with Gasteiger partial charge in [-0.2, -0.15) is 0 Å². The van der Waals surface area contributed by atoms with Crippen LogP contribution in [0, 0.1) is 0 Å². The molecule has 1 aromatic heterocycles. The highest BCUT2D eigenvalue weighted by Gasteiger charge is 2.43. The lowest BCUT2D eigenvalue weighted by molar-refractivity contribution is -0.123. The van der Waals surface area contributed by atoms with E-state index in [1.165, 1.54) is 4.90 Å². The molecule has 2 amide bonds. The molecule has 0 bridgehead atoms. The number of halogens is 2. The fourth-order valence-electron chi connectivity index (χ4n) is 3.53. The average molecular weight is 406 g/mol. The van der Waals surface area contributed by atoms with Crippen LogP contribution in [0.15, 0.2) is 36.7 Å². The number of aromatic nitrogens is 2. The molecule has 3 heterocycles. The standard InChI is InChI=1S/C18H17Cl2N5O2/c19-12-8-13(20)10-14(9-12)25-16(26)11-15(17(25)27)23-4-6-24(7-5-23)18-21-2-1-3-22-18/h1-3,8-10,15H,4-7,11H2/t15-/m1/s1. The Labute approximate surface area is 166 Å². The zero-order valence-corrected chi connectivity index (χ0v) is 15.9. The zero-order chi connectivity index (χ0) is 19.0. The summed E-state index contributed by atoms with van der Waals surface area (Å²) in [6.07, 6.45) is 3.58. The lowest BCUT2D eigenvalue weighted by atomic mass is 10.2. The molecule has 2 saturated heterocycles. The fourth-order valence-corrected chi connectivity index (χ4v) is 4.04. The summed E-state index contributed by atoms with van der Waals surface area (Å²) in [5.74, 6) is 0.209. The van der Waals surface area contributed by atoms with Gasteiger partial charge in [-0.3, -0.25) is 14.5 Å². The van der Waals surface area contributed by atoms with Gasteiger partial charge in [0.1, 0.15) is 0 Å². The number of nitrogens with zero attached hydrogens (tertiary/aromatic N) is 5. The third kappa shape index (κ3) is 3.63. The Morgan fingerprint density at radius 2 is 1.56 bits per heavy atom. The van der Waals surface area contributed by atoms with Crippen LogP contribution in [0.4, 0.5) is 11.6 Å². The number of benzene rings is 1. The molecule has 0 saturated carbocycles. The summed E-state index contributed by atoms with van der Waals surface area (Å²) < 4.78 is 0. The number of hydrogen-bond acceptors (Lipinski definition) is 6. The van der Waals surface area contributed by atoms with Crippen molar-refractivity contribution in [2.45, 2.75) is 12.5 Å². The van der Waals surface area contributed by atoms with Gasteiger partial charge in [-0.25, -0.2) is 14.9 Å². The monoisotopic (exact) mass is 405 g/mol. The Bertz CT molecular complexity index is 851. The number of anilines is 2. The van der Waals surface area contributed by atoms with Crippen molar-refractivity contribution in [2.75, 3.05) is 36.0 Å². The molecule has 4 rings (SSSR count). The first kappa shape index (κ1) is 18.2. The van der Waals surface area contributed by atoms with Crippen molar-refractivity contribution in [2.24, 2.45) is 0 Å². The molecule has 0 aliphatic carbocycles. The number of hydrogen-bond donors (Lipinski definition) is 0. The summed E-state index contributed by atoms with van der Waals surface area (Å²) in [5.41, 5.74) is 0.418. The van der Waals surface area contributed by atoms with Gasteiger partial charge in [-0.15, -0.1) is 0 Å². The fraction of sp³-hybridized carbons (Fsp3) is 0.333. The summed E-state index contributed by atoms with van der Waals surface area (Å²) in [7, 11) is 0. The van der Waals surface area contributed by atoms with E-state index in [-0.39, 0.29) is 18.2 Å². The molecule has 9 heteroatoms. The maximum absolute atomic E-state index is 12.9. The van der Waals surface area contributed by atoms with Gasteiger partial charge in [0.15, 0.2) is 0 Å². The van der Waals surface area contributed by atoms with E-state index in [9.17, 15) is 9.59 Å². The lowest BCUT2D eigenvalue weighted by Gasteiger charge is -2.36. The third-order valence-corrected chi connectivity index (χ3v) is 5.25. The second-order valence-corrected chi connectivity index (χ2v) is 7.36. The number of imide groups is 1. The molecule has 0 unspecified atom stereocenters. The van der Waals surface area contributed by atoms with Crippen LogP contribution in [-0.4, -0.2) is 58.9 Å². The summed E-state index contributed by atoms with van der Waals surface area (Å²) in [6.45, 7) is 2.72. The smallest absolute Gasteiger partial charge is 0.251 e. The van der Waals surface area contributed by atoms with Crippen LogP contribution < -0.4 is 9.80 Å². The Balaban J connectivity index is 1.46. The van der Waals surface area contributed by atoms with E-state index in [4.69, 9.17) is 23.2 Å². The molecule has 7 nitrogen and oxygen atoms in total. The van der Waals surface area contributed by atoms with Crippen LogP contribution >= 0.6 is 23.2 Å². The van der Waals surface area contributed by atoms with E-state index >= 15 is 0 Å². The number of carbonyl (C=O) groups excluding carboxylic acids is 2. The zero-order valence-electron chi connectivity index (χ0n) is 14.4. The Morgan fingerprint density at radius 1 is 0.926 bits per heavy atom. The molecule has 140 valence electrons. The number of rotatable bonds is 3. The average Bonchev–Trinajstić information content (AvgIpc) is 2.96. The number of amides is 2. The van der Waals surface area contributed by atoms with Gasteiger partial charge in [-0.1, -0.05) is 23.2 Å². The van der Waals surface area contributed by atoms with Gasteiger partial charge in [-0.05, 0) is 24.3 Å². The Hall–Kier alpha value is -2.22. The van der Waals surface area contributed by atoms with Crippen molar-refractivity contribution >= 4 is 46.7 Å². The predicted molar refractivity (Wildman–Crippen MR) is 103 cm³/mol. The van der Waals surface area contributed by atoms with Crippen LogP contribution in [-0.2, 0) is 9.59 Å². The maximum Gasteiger partial charge on any atom is 0.251 e. The highest BCUT2D eigenvalue weighted by molar-refractivity contribution is 6.35. The molecular formula is C18H17Cl2N5O2. The lowest BCUT2D eigenvalue weighted by Crippen LogP contribution is -2.53. The van der Waals surface area contributed by atoms with Crippen LogP contribution in [0.5, 0.6) is 0 Å². The van der Waals surface area contributed by atoms with E-state index in [1.807, 2.05) is 4.90 Å². The molecule has 27 heavy (non-hydrogen) atoms. The summed E-state index contributed by atoms with van der Waals surface area (Å²) in [4.78, 5) is 39.3. The molecule has 2 aromatic rings. The van der Waals surface area contributed by atoms with Gasteiger partial charge in [0.05, 0.1) is 18.2 Å². The first-order valence-corrected chi connectivity index (χ1v) is 9.37. The van der Waals surface area contributed by atoms with E-state index in [2.05, 4.69) is 14.9 Å². The summed E-state index contributed by atoms with van der Waals surface area (Å²) in [5, 5.41) is 0.774. The van der Waals surface area contributed by atoms with E-state index in [0.29, 0.717) is 47.9 Å². The van der Waals surface area contributed by atoms with Crippen molar-refractivity contribution in [3.05, 3.63) is 46.7 Å². The molecule has 2 fully saturated rings. The summed E-state index contributed by atoms with van der Waals surface area (Å²) >= 11 is 12.0. The first-order chi connectivity index (χ1) is 13.0. The molecule has 0 spiro atoms. The van der Waals surface area contributed by atoms with Crippen molar-refractivity contribution in [1.82, 2.24) is 14.9 Å². The molecule has 1 atom stereocenters. The van der Waals surface area contributed by atoms with Crippen molar-refractivity contribution < 1.29 is 9.59 Å². The minimum absolute atomic E-state index is 0.158. The van der Waals surface area contributed by atoms with E-state index < -0.39 is 6.04 Å². The minimum Gasteiger partial charge on any atom is -0.338 e. The number of piperazine rings is 1. The van der Waals surface area contributed by atoms with Gasteiger partial charge in [0.2, 0.25) is 11.9 Å². The van der Waals surface area contributed by atoms with E-state index in [0.717, 1.165) is 0 Å². The molecule has 0 N–H and O–H groups in total. The highest BCUT2D eigenvalue weighted by Crippen LogP contribution is 2.31. The largest absolute Gasteiger partial charge is 0.338 e. The molecular weight excluding hydrogens is 389 g/mol. The first-order valence-electron chi connectivity index (χ1n) is 8.62. The Morgan fingerprint density at radius 3 is 2.19 bits per heavy atom. The molecule has 1 aromatic carbocycles. The third-order valence-electron chi connectivity index (χ3n) is 4.82. The van der Waals surface area contributed by atoms with Crippen LogP contribution in [0.1, 0.15) is 6.42 Å². The van der Waals surface area contributed by atoms with Crippen molar-refractivity contribution in [1.29, 1.82) is 0 Å². The topological polar surface area (TPSA) is 69.6 Å². The minimum atomic E-state index is -0.464. The number of carbonyl (C=O) groups is 2. The van der Waals surface area contributed by atoms with Gasteiger partial charge >= 0.3 is 0 Å². The second-order valence-electron chi connectivity index (χ2n) is 6.49. The van der Waals surface area contributed by atoms with Crippen LogP contribution in [0.25, 0.3) is 0 Å². The second kappa shape index (κ2) is 7.42. The maximum atomic E-state index is 12.9. The van der Waals surface area contributed by atoms with Gasteiger partial charge in [0, 0.05) is 48.6 Å². The molecule has 0 radical (unpaired) electrons. The highest BCUT2D eigenvalue weighted by atomic mass is 35.5. The van der Waals surface area contributed by atoms with Crippen molar-refractivity contribution in [3.63, 3.8) is 0 Å². The van der Waals surface area contributed by atoms with Gasteiger partial charge < -0.3 is 4.90 Å². The predicted octanol–water partition coefficient (Wildman–Crippen LogP) is 2.24. The summed E-state index contributed by atoms with van der Waals surface area (Å²) in [6, 6.07) is 6.04. The van der Waals surface area contributed by atoms with E-state index in [1.54, 1.807) is 36.7 Å². The normalized spacial score (nSPS) is 21.2. The Kier molecular flexibility index (Phi) is 4.99. The molecule has 2 aliphatic rings. The van der Waals surface area contributed by atoms with Gasteiger partial charge in [0.25, 0.3) is 5.91 Å². The van der Waals surface area contributed by atoms with Crippen molar-refractivity contribution in [3.8, 4) is 0 Å².